The van der Waals surface area contributed by atoms with Crippen molar-refractivity contribution in [3.05, 3.63) is 47.8 Å². The lowest BCUT2D eigenvalue weighted by atomic mass is 9.50. The molecule has 2 heterocycles. The number of aliphatic hydroxyl groups is 1. The Balaban J connectivity index is 1.41. The zero-order chi connectivity index (χ0) is 20.5. The molecule has 1 aromatic carbocycles. The molecule has 5 heteroatoms. The number of aromatic nitrogens is 4. The molecule has 0 unspecified atom stereocenters. The molecule has 1 aliphatic heterocycles. The third-order valence-corrected chi connectivity index (χ3v) is 9.50. The minimum Gasteiger partial charge on any atom is -0.393 e. The predicted octanol–water partition coefficient (Wildman–Crippen LogP) is 4.46. The minimum atomic E-state index is -0.233. The molecule has 4 aliphatic rings. The van der Waals surface area contributed by atoms with Gasteiger partial charge >= 0.3 is 0 Å². The molecule has 1 N–H and O–H groups in total. The van der Waals surface area contributed by atoms with Crippen molar-refractivity contribution in [2.75, 3.05) is 0 Å². The van der Waals surface area contributed by atoms with Gasteiger partial charge < -0.3 is 5.11 Å². The Hall–Kier alpha value is -2.01. The minimum absolute atomic E-state index is 0.154. The molecule has 2 fully saturated rings. The van der Waals surface area contributed by atoms with Gasteiger partial charge in [0.1, 0.15) is 0 Å². The van der Waals surface area contributed by atoms with E-state index in [1.165, 1.54) is 18.4 Å². The van der Waals surface area contributed by atoms with Crippen LogP contribution in [-0.2, 0) is 6.42 Å². The van der Waals surface area contributed by atoms with E-state index in [0.29, 0.717) is 17.8 Å². The first kappa shape index (κ1) is 18.7. The Morgan fingerprint density at radius 2 is 1.90 bits per heavy atom. The zero-order valence-corrected chi connectivity index (χ0v) is 18.0. The largest absolute Gasteiger partial charge is 0.393 e. The smallest absolute Gasteiger partial charge is 0.151 e. The predicted molar refractivity (Wildman–Crippen MR) is 115 cm³/mol. The first-order valence-electron chi connectivity index (χ1n) is 11.7. The molecule has 0 bridgehead atoms. The second-order valence-electron chi connectivity index (χ2n) is 10.7. The van der Waals surface area contributed by atoms with Crippen molar-refractivity contribution in [1.29, 1.82) is 0 Å². The Bertz CT molecular complexity index is 984. The van der Waals surface area contributed by atoms with Gasteiger partial charge in [0, 0.05) is 6.42 Å². The van der Waals surface area contributed by atoms with E-state index in [9.17, 15) is 5.11 Å². The van der Waals surface area contributed by atoms with Crippen LogP contribution in [-0.4, -0.2) is 31.4 Å². The molecule has 0 saturated heterocycles. The molecule has 0 amide bonds. The summed E-state index contributed by atoms with van der Waals surface area (Å²) in [5, 5.41) is 23.4. The van der Waals surface area contributed by atoms with Crippen molar-refractivity contribution >= 4 is 5.57 Å². The van der Waals surface area contributed by atoms with Gasteiger partial charge in [0.05, 0.1) is 12.1 Å². The fourth-order valence-electron chi connectivity index (χ4n) is 7.92. The molecule has 1 aromatic heterocycles. The zero-order valence-electron chi connectivity index (χ0n) is 18.0. The summed E-state index contributed by atoms with van der Waals surface area (Å²) in [6, 6.07) is 11.2. The first-order chi connectivity index (χ1) is 14.5. The van der Waals surface area contributed by atoms with E-state index >= 15 is 0 Å². The fraction of sp³-hybridized carbons (Fsp3) is 0.640. The van der Waals surface area contributed by atoms with E-state index < -0.39 is 0 Å². The second kappa shape index (κ2) is 6.49. The number of hydrogen-bond donors (Lipinski definition) is 1. The number of benzene rings is 1. The van der Waals surface area contributed by atoms with E-state index in [1.807, 2.05) is 0 Å². The van der Waals surface area contributed by atoms with Crippen molar-refractivity contribution in [1.82, 2.24) is 20.2 Å². The molecule has 158 valence electrons. The highest BCUT2D eigenvalue weighted by Gasteiger charge is 2.59. The standard InChI is InChI=1S/C25H32N4O/c1-24-13-11-21-18(20(24)9-8-19(24)16-6-4-3-5-7-16)15-23-26-27-28-29(23)22-14-17(30)10-12-25(21,22)2/h3-8,17-18,20-22,30H,9-15H2,1-2H3/t17-,18-,20-,21-,22-,24+,25+/m0/s1. The summed E-state index contributed by atoms with van der Waals surface area (Å²) in [4.78, 5) is 0. The maximum absolute atomic E-state index is 10.5. The number of allylic oxidation sites excluding steroid dienone is 2. The van der Waals surface area contributed by atoms with Gasteiger partial charge in [-0.3, -0.25) is 0 Å². The molecule has 3 aliphatic carbocycles. The highest BCUT2D eigenvalue weighted by atomic mass is 16.3. The molecule has 0 radical (unpaired) electrons. The van der Waals surface area contributed by atoms with Gasteiger partial charge in [0.2, 0.25) is 0 Å². The van der Waals surface area contributed by atoms with Crippen LogP contribution in [0, 0.1) is 28.6 Å². The van der Waals surface area contributed by atoms with Crippen molar-refractivity contribution in [2.45, 2.75) is 70.9 Å². The number of fused-ring (bicyclic) bond motifs is 7. The topological polar surface area (TPSA) is 63.8 Å². The summed E-state index contributed by atoms with van der Waals surface area (Å²) >= 11 is 0. The average molecular weight is 405 g/mol. The maximum Gasteiger partial charge on any atom is 0.151 e. The Morgan fingerprint density at radius 1 is 1.07 bits per heavy atom. The molecule has 0 spiro atoms. The van der Waals surface area contributed by atoms with E-state index in [1.54, 1.807) is 5.57 Å². The van der Waals surface area contributed by atoms with E-state index in [4.69, 9.17) is 0 Å². The van der Waals surface area contributed by atoms with E-state index in [0.717, 1.165) is 37.9 Å². The van der Waals surface area contributed by atoms with Gasteiger partial charge in [-0.25, -0.2) is 4.68 Å². The number of hydrogen-bond acceptors (Lipinski definition) is 4. The van der Waals surface area contributed by atoms with Crippen LogP contribution in [0.2, 0.25) is 0 Å². The van der Waals surface area contributed by atoms with Crippen LogP contribution in [0.15, 0.2) is 36.4 Å². The van der Waals surface area contributed by atoms with Gasteiger partial charge in [-0.2, -0.15) is 0 Å². The van der Waals surface area contributed by atoms with Crippen LogP contribution in [0.5, 0.6) is 0 Å². The van der Waals surface area contributed by atoms with E-state index in [2.05, 4.69) is 70.5 Å². The Labute approximate surface area is 178 Å². The Morgan fingerprint density at radius 3 is 2.73 bits per heavy atom. The van der Waals surface area contributed by atoms with Crippen LogP contribution >= 0.6 is 0 Å². The molecule has 6 rings (SSSR count). The summed E-state index contributed by atoms with van der Waals surface area (Å²) in [5.74, 6) is 2.92. The molecule has 7 atom stereocenters. The molecular formula is C25H32N4O. The van der Waals surface area contributed by atoms with Gasteiger partial charge in [0.15, 0.2) is 5.82 Å². The number of tetrazole rings is 1. The number of rotatable bonds is 1. The third-order valence-electron chi connectivity index (χ3n) is 9.50. The molecule has 2 saturated carbocycles. The van der Waals surface area contributed by atoms with Crippen LogP contribution in [0.25, 0.3) is 5.57 Å². The molecule has 30 heavy (non-hydrogen) atoms. The first-order valence-corrected chi connectivity index (χ1v) is 11.7. The van der Waals surface area contributed by atoms with Crippen LogP contribution < -0.4 is 0 Å². The highest BCUT2D eigenvalue weighted by Crippen LogP contribution is 2.66. The lowest BCUT2D eigenvalue weighted by Gasteiger charge is -2.55. The number of aliphatic hydroxyl groups excluding tert-OH is 1. The van der Waals surface area contributed by atoms with Crippen molar-refractivity contribution in [2.24, 2.45) is 28.6 Å². The second-order valence-corrected chi connectivity index (χ2v) is 10.7. The van der Waals surface area contributed by atoms with Gasteiger partial charge in [0.25, 0.3) is 0 Å². The summed E-state index contributed by atoms with van der Waals surface area (Å²) < 4.78 is 2.10. The fourth-order valence-corrected chi connectivity index (χ4v) is 7.92. The van der Waals surface area contributed by atoms with Gasteiger partial charge in [-0.1, -0.05) is 50.3 Å². The van der Waals surface area contributed by atoms with Crippen LogP contribution in [0.3, 0.4) is 0 Å². The van der Waals surface area contributed by atoms with Gasteiger partial charge in [-0.05, 0) is 88.7 Å². The van der Waals surface area contributed by atoms with Crippen molar-refractivity contribution in [3.8, 4) is 0 Å². The lowest BCUT2D eigenvalue weighted by molar-refractivity contribution is -0.0679. The molecule has 2 aromatic rings. The third kappa shape index (κ3) is 2.47. The van der Waals surface area contributed by atoms with Crippen molar-refractivity contribution in [3.63, 3.8) is 0 Å². The summed E-state index contributed by atoms with van der Waals surface area (Å²) in [6.07, 6.45) is 9.69. The van der Waals surface area contributed by atoms with Crippen LogP contribution in [0.4, 0.5) is 0 Å². The number of nitrogens with zero attached hydrogens (tertiary/aromatic N) is 4. The summed E-state index contributed by atoms with van der Waals surface area (Å²) in [6.45, 7) is 4.99. The summed E-state index contributed by atoms with van der Waals surface area (Å²) in [7, 11) is 0. The van der Waals surface area contributed by atoms with Crippen molar-refractivity contribution < 1.29 is 5.11 Å². The molecular weight excluding hydrogens is 372 g/mol. The lowest BCUT2D eigenvalue weighted by Crippen LogP contribution is -2.49. The highest BCUT2D eigenvalue weighted by molar-refractivity contribution is 5.72. The molecule has 5 nitrogen and oxygen atoms in total. The average Bonchev–Trinajstić information content (AvgIpc) is 3.32. The SMILES string of the molecule is C[C@]12CC[C@H](O)C[C@@H]1n1nnnc1C[C@@H]1[C@@H]2CC[C@]2(C)C(c3ccccc3)=CC[C@@H]12. The van der Waals surface area contributed by atoms with Crippen LogP contribution in [0.1, 0.15) is 69.8 Å². The summed E-state index contributed by atoms with van der Waals surface area (Å²) in [5.41, 5.74) is 3.33. The Kier molecular flexibility index (Phi) is 4.05. The van der Waals surface area contributed by atoms with E-state index in [-0.39, 0.29) is 23.0 Å². The monoisotopic (exact) mass is 404 g/mol. The quantitative estimate of drug-likeness (QED) is 0.762. The maximum atomic E-state index is 10.5. The normalized spacial score (nSPS) is 42.4. The van der Waals surface area contributed by atoms with Gasteiger partial charge in [-0.15, -0.1) is 5.10 Å².